The van der Waals surface area contributed by atoms with Gasteiger partial charge < -0.3 is 15.8 Å². The maximum atomic E-state index is 12.6. The van der Waals surface area contributed by atoms with Crippen LogP contribution in [0.15, 0.2) is 48.5 Å². The highest BCUT2D eigenvalue weighted by Gasteiger charge is 2.31. The van der Waals surface area contributed by atoms with Crippen LogP contribution in [-0.4, -0.2) is 19.1 Å². The van der Waals surface area contributed by atoms with Gasteiger partial charge >= 0.3 is 0 Å². The highest BCUT2D eigenvalue weighted by atomic mass is 35.5. The van der Waals surface area contributed by atoms with Gasteiger partial charge in [0.15, 0.2) is 0 Å². The van der Waals surface area contributed by atoms with E-state index in [4.69, 9.17) is 10.5 Å². The molecule has 0 bridgehead atoms. The number of hydrogen-bond donors (Lipinski definition) is 2. The van der Waals surface area contributed by atoms with Crippen LogP contribution < -0.4 is 15.8 Å². The molecule has 0 aromatic heterocycles. The third-order valence-corrected chi connectivity index (χ3v) is 4.62. The first-order valence-corrected chi connectivity index (χ1v) is 7.88. The number of fused-ring (bicyclic) bond motifs is 1. The molecule has 1 aliphatic rings. The van der Waals surface area contributed by atoms with Crippen molar-refractivity contribution in [1.82, 2.24) is 5.32 Å². The lowest BCUT2D eigenvalue weighted by Gasteiger charge is -2.21. The van der Waals surface area contributed by atoms with E-state index >= 15 is 0 Å². The van der Waals surface area contributed by atoms with Gasteiger partial charge in [0, 0.05) is 0 Å². The topological polar surface area (TPSA) is 64.3 Å². The number of benzene rings is 2. The summed E-state index contributed by atoms with van der Waals surface area (Å²) in [6.45, 7) is 1.91. The van der Waals surface area contributed by atoms with Gasteiger partial charge in [0.25, 0.3) is 0 Å². The minimum absolute atomic E-state index is 0. The fourth-order valence-corrected chi connectivity index (χ4v) is 3.12. The molecule has 4 nitrogen and oxygen atoms in total. The smallest absolute Gasteiger partial charge is 0.227 e. The standard InChI is InChI=1S/C19H22N2O2.ClH/c1-12(13-7-9-15(23-2)10-8-13)19(22)21-17-11-14-5-3-4-6-16(14)18(17)20;/h3-10,12,17-18H,11,20H2,1-2H3,(H,21,22);1H/t12?,17-,18-;/m0./s1. The second-order valence-corrected chi connectivity index (χ2v) is 6.04. The number of rotatable bonds is 4. The molecule has 0 fully saturated rings. The second-order valence-electron chi connectivity index (χ2n) is 6.04. The van der Waals surface area contributed by atoms with E-state index in [1.54, 1.807) is 7.11 Å². The Kier molecular flexibility index (Phi) is 5.86. The van der Waals surface area contributed by atoms with E-state index in [0.717, 1.165) is 23.3 Å². The molecule has 5 heteroatoms. The van der Waals surface area contributed by atoms with Crippen LogP contribution in [0.4, 0.5) is 0 Å². The molecule has 0 radical (unpaired) electrons. The number of nitrogens with one attached hydrogen (secondary N) is 1. The summed E-state index contributed by atoms with van der Waals surface area (Å²) in [6, 6.07) is 15.5. The first kappa shape index (κ1) is 18.3. The zero-order chi connectivity index (χ0) is 16.4. The Balaban J connectivity index is 0.00000208. The lowest BCUT2D eigenvalue weighted by molar-refractivity contribution is -0.123. The minimum atomic E-state index is -0.225. The Morgan fingerprint density at radius 3 is 2.50 bits per heavy atom. The van der Waals surface area contributed by atoms with Crippen LogP contribution in [0.3, 0.4) is 0 Å². The molecule has 0 spiro atoms. The van der Waals surface area contributed by atoms with E-state index in [2.05, 4.69) is 11.4 Å². The first-order chi connectivity index (χ1) is 11.1. The van der Waals surface area contributed by atoms with Crippen LogP contribution in [0.1, 0.15) is 35.6 Å². The average molecular weight is 347 g/mol. The fraction of sp³-hybridized carbons (Fsp3) is 0.316. The van der Waals surface area contributed by atoms with Crippen LogP contribution in [0.2, 0.25) is 0 Å². The van der Waals surface area contributed by atoms with Crippen molar-refractivity contribution in [2.75, 3.05) is 7.11 Å². The Labute approximate surface area is 148 Å². The van der Waals surface area contributed by atoms with E-state index in [1.807, 2.05) is 49.4 Å². The molecule has 24 heavy (non-hydrogen) atoms. The number of hydrogen-bond acceptors (Lipinski definition) is 3. The summed E-state index contributed by atoms with van der Waals surface area (Å²) in [6.07, 6.45) is 0.790. The van der Waals surface area contributed by atoms with Crippen LogP contribution in [0.5, 0.6) is 5.75 Å². The summed E-state index contributed by atoms with van der Waals surface area (Å²) < 4.78 is 5.15. The van der Waals surface area contributed by atoms with Gasteiger partial charge in [-0.25, -0.2) is 0 Å². The number of nitrogens with two attached hydrogens (primary N) is 1. The number of carbonyl (C=O) groups excluding carboxylic acids is 1. The predicted molar refractivity (Wildman–Crippen MR) is 97.7 cm³/mol. The highest BCUT2D eigenvalue weighted by Crippen LogP contribution is 2.30. The van der Waals surface area contributed by atoms with Crippen LogP contribution in [0.25, 0.3) is 0 Å². The third kappa shape index (κ3) is 3.55. The maximum absolute atomic E-state index is 12.6. The Bertz CT molecular complexity index is 703. The van der Waals surface area contributed by atoms with Crippen molar-refractivity contribution in [1.29, 1.82) is 0 Å². The zero-order valence-electron chi connectivity index (χ0n) is 13.9. The quantitative estimate of drug-likeness (QED) is 0.894. The van der Waals surface area contributed by atoms with Gasteiger partial charge in [0.05, 0.1) is 25.1 Å². The monoisotopic (exact) mass is 346 g/mol. The summed E-state index contributed by atoms with van der Waals surface area (Å²) in [5.74, 6) is 0.565. The Hall–Kier alpha value is -2.04. The molecule has 3 rings (SSSR count). The molecule has 3 N–H and O–H groups in total. The molecule has 128 valence electrons. The molecule has 1 unspecified atom stereocenters. The molecule has 0 heterocycles. The lowest BCUT2D eigenvalue weighted by Crippen LogP contribution is -2.42. The largest absolute Gasteiger partial charge is 0.497 e. The summed E-state index contributed by atoms with van der Waals surface area (Å²) in [5, 5.41) is 3.11. The molecular formula is C19H23ClN2O2. The fourth-order valence-electron chi connectivity index (χ4n) is 3.12. The molecule has 0 saturated carbocycles. The van der Waals surface area contributed by atoms with Gasteiger partial charge in [-0.1, -0.05) is 36.4 Å². The Morgan fingerprint density at radius 2 is 1.88 bits per heavy atom. The first-order valence-electron chi connectivity index (χ1n) is 7.88. The van der Waals surface area contributed by atoms with Crippen molar-refractivity contribution in [3.8, 4) is 5.75 Å². The molecule has 2 aromatic rings. The Morgan fingerprint density at radius 1 is 1.21 bits per heavy atom. The SMILES string of the molecule is COc1ccc(C(C)C(=O)N[C@H]2Cc3ccccc3[C@@H]2N)cc1.Cl. The summed E-state index contributed by atoms with van der Waals surface area (Å²) in [5.41, 5.74) is 9.61. The molecule has 3 atom stereocenters. The van der Waals surface area contributed by atoms with Gasteiger partial charge in [-0.2, -0.15) is 0 Å². The zero-order valence-corrected chi connectivity index (χ0v) is 14.7. The number of carbonyl (C=O) groups is 1. The van der Waals surface area contributed by atoms with Crippen LogP contribution in [-0.2, 0) is 11.2 Å². The normalized spacial score (nSPS) is 19.8. The van der Waals surface area contributed by atoms with E-state index in [9.17, 15) is 4.79 Å². The molecular weight excluding hydrogens is 324 g/mol. The molecule has 1 aliphatic carbocycles. The van der Waals surface area contributed by atoms with E-state index in [0.29, 0.717) is 0 Å². The molecule has 0 saturated heterocycles. The van der Waals surface area contributed by atoms with Gasteiger partial charge in [-0.15, -0.1) is 12.4 Å². The van der Waals surface area contributed by atoms with Gasteiger partial charge in [0.2, 0.25) is 5.91 Å². The number of amides is 1. The van der Waals surface area contributed by atoms with Gasteiger partial charge in [-0.05, 0) is 42.2 Å². The highest BCUT2D eigenvalue weighted by molar-refractivity contribution is 5.85. The van der Waals surface area contributed by atoms with Gasteiger partial charge in [-0.3, -0.25) is 4.79 Å². The summed E-state index contributed by atoms with van der Waals surface area (Å²) in [4.78, 5) is 12.6. The van der Waals surface area contributed by atoms with E-state index < -0.39 is 0 Å². The third-order valence-electron chi connectivity index (χ3n) is 4.62. The number of ether oxygens (including phenoxy) is 1. The average Bonchev–Trinajstić information content (AvgIpc) is 2.90. The maximum Gasteiger partial charge on any atom is 0.227 e. The van der Waals surface area contributed by atoms with Gasteiger partial charge in [0.1, 0.15) is 5.75 Å². The summed E-state index contributed by atoms with van der Waals surface area (Å²) in [7, 11) is 1.63. The van der Waals surface area contributed by atoms with Crippen molar-refractivity contribution in [2.45, 2.75) is 31.3 Å². The van der Waals surface area contributed by atoms with E-state index in [1.165, 1.54) is 5.56 Å². The molecule has 0 aliphatic heterocycles. The van der Waals surface area contributed by atoms with Crippen LogP contribution >= 0.6 is 12.4 Å². The van der Waals surface area contributed by atoms with Crippen molar-refractivity contribution in [3.05, 3.63) is 65.2 Å². The van der Waals surface area contributed by atoms with E-state index in [-0.39, 0.29) is 36.3 Å². The lowest BCUT2D eigenvalue weighted by atomic mass is 9.99. The van der Waals surface area contributed by atoms with Crippen molar-refractivity contribution in [3.63, 3.8) is 0 Å². The van der Waals surface area contributed by atoms with Crippen molar-refractivity contribution in [2.24, 2.45) is 5.73 Å². The minimum Gasteiger partial charge on any atom is -0.497 e. The van der Waals surface area contributed by atoms with Crippen molar-refractivity contribution >= 4 is 18.3 Å². The number of methoxy groups -OCH3 is 1. The number of halogens is 1. The van der Waals surface area contributed by atoms with Crippen molar-refractivity contribution < 1.29 is 9.53 Å². The second kappa shape index (κ2) is 7.69. The molecule has 1 amide bonds. The summed E-state index contributed by atoms with van der Waals surface area (Å²) >= 11 is 0. The van der Waals surface area contributed by atoms with Crippen LogP contribution in [0, 0.1) is 0 Å². The molecule has 2 aromatic carbocycles. The predicted octanol–water partition coefficient (Wildman–Crippen LogP) is 2.96.